The number of halogens is 1. The van der Waals surface area contributed by atoms with Crippen LogP contribution >= 0.6 is 12.4 Å². The van der Waals surface area contributed by atoms with Gasteiger partial charge in [0.25, 0.3) is 5.91 Å². The van der Waals surface area contributed by atoms with Crippen LogP contribution in [0.2, 0.25) is 0 Å². The number of rotatable bonds is 4. The quantitative estimate of drug-likeness (QED) is 0.713. The summed E-state index contributed by atoms with van der Waals surface area (Å²) in [5, 5.41) is 5.40. The van der Waals surface area contributed by atoms with Gasteiger partial charge >= 0.3 is 0 Å². The number of likely N-dealkylation sites (N-methyl/N-ethyl adjacent to an activating group) is 1. The lowest BCUT2D eigenvalue weighted by molar-refractivity contribution is 0.0935. The normalized spacial score (nSPS) is 15.6. The topological polar surface area (TPSA) is 61.4 Å². The monoisotopic (exact) mass is 411 g/mol. The van der Waals surface area contributed by atoms with Crippen molar-refractivity contribution in [1.82, 2.24) is 20.2 Å². The molecular formula is C22H26ClN5O. The van der Waals surface area contributed by atoms with E-state index in [1.807, 2.05) is 25.1 Å². The molecule has 1 fully saturated rings. The fraction of sp³-hybridized carbons (Fsp3) is 0.318. The van der Waals surface area contributed by atoms with Crippen LogP contribution in [0.25, 0.3) is 10.8 Å². The minimum atomic E-state index is -0.182. The second-order valence-corrected chi connectivity index (χ2v) is 7.30. The van der Waals surface area contributed by atoms with Gasteiger partial charge in [0.05, 0.1) is 6.04 Å². The Morgan fingerprint density at radius 3 is 2.55 bits per heavy atom. The molecule has 2 aromatic carbocycles. The maximum absolute atomic E-state index is 12.8. The molecule has 29 heavy (non-hydrogen) atoms. The smallest absolute Gasteiger partial charge is 0.270 e. The molecular weight excluding hydrogens is 386 g/mol. The number of nitrogens with zero attached hydrogens (tertiary/aromatic N) is 4. The Balaban J connectivity index is 0.00000240. The molecule has 1 aliphatic rings. The van der Waals surface area contributed by atoms with Crippen LogP contribution in [-0.4, -0.2) is 54.0 Å². The number of aromatic nitrogens is 2. The second-order valence-electron chi connectivity index (χ2n) is 7.30. The number of hydrogen-bond acceptors (Lipinski definition) is 5. The van der Waals surface area contributed by atoms with E-state index in [1.54, 1.807) is 12.3 Å². The van der Waals surface area contributed by atoms with Gasteiger partial charge in [0.15, 0.2) is 0 Å². The van der Waals surface area contributed by atoms with E-state index in [4.69, 9.17) is 0 Å². The van der Waals surface area contributed by atoms with E-state index in [0.29, 0.717) is 11.6 Å². The van der Waals surface area contributed by atoms with Crippen LogP contribution in [0.1, 0.15) is 29.0 Å². The van der Waals surface area contributed by atoms with Crippen molar-refractivity contribution >= 4 is 35.0 Å². The largest absolute Gasteiger partial charge is 0.344 e. The molecule has 1 aliphatic heterocycles. The van der Waals surface area contributed by atoms with E-state index in [9.17, 15) is 4.79 Å². The van der Waals surface area contributed by atoms with Gasteiger partial charge in [0.1, 0.15) is 5.69 Å². The first kappa shape index (κ1) is 21.0. The van der Waals surface area contributed by atoms with Crippen molar-refractivity contribution in [1.29, 1.82) is 0 Å². The summed E-state index contributed by atoms with van der Waals surface area (Å²) in [5.74, 6) is 0.441. The standard InChI is InChI=1S/C22H25N5O.ClH/c1-16(18-9-5-7-17-6-3-4-8-19(17)18)24-21(28)20-10-11-23-22(25-20)27-14-12-26(2)13-15-27;/h3-11,16H,12-15H2,1-2H3,(H,24,28);1H/t16-;/m1./s1. The van der Waals surface area contributed by atoms with Gasteiger partial charge in [0.2, 0.25) is 5.95 Å². The molecule has 0 bridgehead atoms. The van der Waals surface area contributed by atoms with E-state index in [-0.39, 0.29) is 24.4 Å². The van der Waals surface area contributed by atoms with Crippen LogP contribution in [0.4, 0.5) is 5.95 Å². The molecule has 6 nitrogen and oxygen atoms in total. The molecule has 1 amide bonds. The number of nitrogens with one attached hydrogen (secondary N) is 1. The summed E-state index contributed by atoms with van der Waals surface area (Å²) in [7, 11) is 2.11. The molecule has 1 atom stereocenters. The third-order valence-corrected chi connectivity index (χ3v) is 5.30. The van der Waals surface area contributed by atoms with Crippen LogP contribution in [0.3, 0.4) is 0 Å². The Labute approximate surface area is 177 Å². The molecule has 0 spiro atoms. The number of carbonyl (C=O) groups is 1. The van der Waals surface area contributed by atoms with Crippen LogP contribution in [0, 0.1) is 0 Å². The highest BCUT2D eigenvalue weighted by Gasteiger charge is 2.19. The lowest BCUT2D eigenvalue weighted by Crippen LogP contribution is -2.45. The number of amides is 1. The fourth-order valence-corrected chi connectivity index (χ4v) is 3.61. The molecule has 0 radical (unpaired) electrons. The predicted octanol–water partition coefficient (Wildman–Crippen LogP) is 3.29. The van der Waals surface area contributed by atoms with Crippen LogP contribution in [-0.2, 0) is 0 Å². The molecule has 152 valence electrons. The minimum Gasteiger partial charge on any atom is -0.344 e. The van der Waals surface area contributed by atoms with E-state index in [0.717, 1.165) is 37.1 Å². The minimum absolute atomic E-state index is 0. The van der Waals surface area contributed by atoms with E-state index in [1.165, 1.54) is 5.39 Å². The summed E-state index contributed by atoms with van der Waals surface area (Å²) in [5.41, 5.74) is 1.50. The molecule has 0 aliphatic carbocycles. The van der Waals surface area contributed by atoms with Gasteiger partial charge in [0, 0.05) is 32.4 Å². The van der Waals surface area contributed by atoms with Crippen LogP contribution < -0.4 is 10.2 Å². The third kappa shape index (κ3) is 4.66. The lowest BCUT2D eigenvalue weighted by Gasteiger charge is -2.32. The summed E-state index contributed by atoms with van der Waals surface area (Å²) in [6.07, 6.45) is 1.66. The first-order valence-corrected chi connectivity index (χ1v) is 9.67. The number of fused-ring (bicyclic) bond motifs is 1. The van der Waals surface area contributed by atoms with Crippen molar-refractivity contribution in [2.75, 3.05) is 38.1 Å². The average Bonchev–Trinajstić information content (AvgIpc) is 2.74. The molecule has 0 saturated carbocycles. The maximum Gasteiger partial charge on any atom is 0.270 e. The molecule has 7 heteroatoms. The third-order valence-electron chi connectivity index (χ3n) is 5.30. The molecule has 0 unspecified atom stereocenters. The Morgan fingerprint density at radius 1 is 1.03 bits per heavy atom. The molecule has 1 N–H and O–H groups in total. The Hall–Kier alpha value is -2.70. The zero-order valence-electron chi connectivity index (χ0n) is 16.7. The van der Waals surface area contributed by atoms with Gasteiger partial charge in [-0.05, 0) is 36.4 Å². The van der Waals surface area contributed by atoms with Gasteiger partial charge in [-0.2, -0.15) is 0 Å². The Bertz CT molecular complexity index is 982. The number of hydrogen-bond donors (Lipinski definition) is 1. The molecule has 3 aromatic rings. The predicted molar refractivity (Wildman–Crippen MR) is 119 cm³/mol. The van der Waals surface area contributed by atoms with E-state index < -0.39 is 0 Å². The van der Waals surface area contributed by atoms with Crippen LogP contribution in [0.15, 0.2) is 54.7 Å². The maximum atomic E-state index is 12.8. The van der Waals surface area contributed by atoms with Crippen molar-refractivity contribution in [2.24, 2.45) is 0 Å². The van der Waals surface area contributed by atoms with Gasteiger partial charge in [-0.15, -0.1) is 12.4 Å². The van der Waals surface area contributed by atoms with Crippen molar-refractivity contribution in [3.8, 4) is 0 Å². The average molecular weight is 412 g/mol. The van der Waals surface area contributed by atoms with E-state index >= 15 is 0 Å². The van der Waals surface area contributed by atoms with Crippen molar-refractivity contribution in [3.63, 3.8) is 0 Å². The summed E-state index contributed by atoms with van der Waals surface area (Å²) >= 11 is 0. The van der Waals surface area contributed by atoms with Crippen molar-refractivity contribution in [3.05, 3.63) is 66.0 Å². The van der Waals surface area contributed by atoms with Crippen LogP contribution in [0.5, 0.6) is 0 Å². The summed E-state index contributed by atoms with van der Waals surface area (Å²) in [4.78, 5) is 26.1. The Morgan fingerprint density at radius 2 is 1.76 bits per heavy atom. The number of anilines is 1. The fourth-order valence-electron chi connectivity index (χ4n) is 3.61. The zero-order valence-corrected chi connectivity index (χ0v) is 17.5. The van der Waals surface area contributed by atoms with Crippen molar-refractivity contribution < 1.29 is 4.79 Å². The molecule has 1 saturated heterocycles. The number of carbonyl (C=O) groups excluding carboxylic acids is 1. The first-order valence-electron chi connectivity index (χ1n) is 9.67. The summed E-state index contributed by atoms with van der Waals surface area (Å²) in [6.45, 7) is 5.68. The first-order chi connectivity index (χ1) is 13.6. The zero-order chi connectivity index (χ0) is 19.5. The number of piperazine rings is 1. The van der Waals surface area contributed by atoms with Gasteiger partial charge in [-0.1, -0.05) is 42.5 Å². The van der Waals surface area contributed by atoms with E-state index in [2.05, 4.69) is 56.4 Å². The molecule has 2 heterocycles. The summed E-state index contributed by atoms with van der Waals surface area (Å²) in [6, 6.07) is 15.9. The SMILES string of the molecule is C[C@@H](NC(=O)c1ccnc(N2CCN(C)CC2)n1)c1cccc2ccccc12.Cl. The highest BCUT2D eigenvalue weighted by atomic mass is 35.5. The highest BCUT2D eigenvalue weighted by molar-refractivity contribution is 5.93. The van der Waals surface area contributed by atoms with Crippen molar-refractivity contribution in [2.45, 2.75) is 13.0 Å². The summed E-state index contributed by atoms with van der Waals surface area (Å²) < 4.78 is 0. The lowest BCUT2D eigenvalue weighted by atomic mass is 9.99. The number of benzene rings is 2. The van der Waals surface area contributed by atoms with Gasteiger partial charge < -0.3 is 15.1 Å². The highest BCUT2D eigenvalue weighted by Crippen LogP contribution is 2.24. The Kier molecular flexibility index (Phi) is 6.67. The van der Waals surface area contributed by atoms with Gasteiger partial charge in [-0.3, -0.25) is 4.79 Å². The second kappa shape index (κ2) is 9.20. The molecule has 1 aromatic heterocycles. The van der Waals surface area contributed by atoms with Gasteiger partial charge in [-0.25, -0.2) is 9.97 Å². The molecule has 4 rings (SSSR count).